The first-order chi connectivity index (χ1) is 12.0. The third-order valence-electron chi connectivity index (χ3n) is 3.25. The minimum Gasteiger partial charge on any atom is -0.493 e. The van der Waals surface area contributed by atoms with Crippen LogP contribution in [0.5, 0.6) is 11.5 Å². The van der Waals surface area contributed by atoms with Crippen LogP contribution >= 0.6 is 34.8 Å². The first-order valence-electron chi connectivity index (χ1n) is 7.18. The topological polar surface area (TPSA) is 42.2 Å². The lowest BCUT2D eigenvalue weighted by Crippen LogP contribution is -1.97. The van der Waals surface area contributed by atoms with Crippen molar-refractivity contribution in [3.8, 4) is 17.6 Å². The molecule has 2 aromatic rings. The van der Waals surface area contributed by atoms with Gasteiger partial charge in [0.15, 0.2) is 11.5 Å². The molecule has 0 saturated heterocycles. The van der Waals surface area contributed by atoms with E-state index >= 15 is 0 Å². The number of halogens is 3. The maximum absolute atomic E-state index is 9.49. The summed E-state index contributed by atoms with van der Waals surface area (Å²) in [5.74, 6) is 0.879. The number of methoxy groups -OCH3 is 1. The molecule has 0 radical (unpaired) electrons. The number of hydrogen-bond donors (Lipinski definition) is 0. The van der Waals surface area contributed by atoms with Crippen LogP contribution in [0.3, 0.4) is 0 Å². The normalized spacial score (nSPS) is 10.9. The minimum atomic E-state index is 0.301. The molecule has 0 bridgehead atoms. The van der Waals surface area contributed by atoms with Gasteiger partial charge in [0.1, 0.15) is 6.61 Å². The number of hydrogen-bond acceptors (Lipinski definition) is 3. The zero-order valence-corrected chi connectivity index (χ0v) is 15.6. The predicted molar refractivity (Wildman–Crippen MR) is 104 cm³/mol. The van der Waals surface area contributed by atoms with E-state index < -0.39 is 0 Å². The standard InChI is InChI=1S/C19H14Cl3NO2/c1-3-6-25-19-17(22)8-12(9-18(19)24-2)7-13(11-23)15-5-4-14(20)10-16(15)21/h3-5,7-10H,1,6H2,2H3/b13-7+. The molecule has 0 aromatic heterocycles. The fourth-order valence-electron chi connectivity index (χ4n) is 2.15. The van der Waals surface area contributed by atoms with Crippen molar-refractivity contribution >= 4 is 46.5 Å². The van der Waals surface area contributed by atoms with Crippen LogP contribution in [0, 0.1) is 11.3 Å². The van der Waals surface area contributed by atoms with E-state index in [4.69, 9.17) is 44.3 Å². The van der Waals surface area contributed by atoms with Crippen LogP contribution in [0.2, 0.25) is 15.1 Å². The summed E-state index contributed by atoms with van der Waals surface area (Å²) in [6.45, 7) is 3.90. The van der Waals surface area contributed by atoms with Crippen LogP contribution in [0.15, 0.2) is 43.0 Å². The number of benzene rings is 2. The molecule has 2 rings (SSSR count). The molecule has 2 aromatic carbocycles. The van der Waals surface area contributed by atoms with Crippen molar-refractivity contribution in [2.24, 2.45) is 0 Å². The maximum atomic E-state index is 9.49. The van der Waals surface area contributed by atoms with E-state index in [0.717, 1.165) is 0 Å². The molecule has 0 fully saturated rings. The summed E-state index contributed by atoms with van der Waals surface area (Å²) in [4.78, 5) is 0. The van der Waals surface area contributed by atoms with Crippen molar-refractivity contribution in [2.45, 2.75) is 0 Å². The van der Waals surface area contributed by atoms with Crippen LogP contribution < -0.4 is 9.47 Å². The molecule has 25 heavy (non-hydrogen) atoms. The molecule has 0 amide bonds. The van der Waals surface area contributed by atoms with Gasteiger partial charge in [0.05, 0.1) is 28.8 Å². The molecular formula is C19H14Cl3NO2. The summed E-state index contributed by atoms with van der Waals surface area (Å²) < 4.78 is 10.8. The highest BCUT2D eigenvalue weighted by atomic mass is 35.5. The molecule has 0 N–H and O–H groups in total. The van der Waals surface area contributed by atoms with Crippen LogP contribution in [0.25, 0.3) is 11.6 Å². The fraction of sp³-hybridized carbons (Fsp3) is 0.105. The summed E-state index contributed by atoms with van der Waals surface area (Å²) in [5.41, 5.74) is 1.63. The van der Waals surface area contributed by atoms with Crippen molar-refractivity contribution in [3.05, 3.63) is 69.2 Å². The van der Waals surface area contributed by atoms with Crippen molar-refractivity contribution < 1.29 is 9.47 Å². The minimum absolute atomic E-state index is 0.301. The number of nitrogens with zero attached hydrogens (tertiary/aromatic N) is 1. The van der Waals surface area contributed by atoms with Gasteiger partial charge in [-0.05, 0) is 35.9 Å². The van der Waals surface area contributed by atoms with Crippen LogP contribution in [-0.2, 0) is 0 Å². The lowest BCUT2D eigenvalue weighted by molar-refractivity contribution is 0.326. The predicted octanol–water partition coefficient (Wildman–Crippen LogP) is 6.28. The van der Waals surface area contributed by atoms with Gasteiger partial charge in [-0.15, -0.1) is 0 Å². The zero-order chi connectivity index (χ0) is 18.4. The summed E-state index contributed by atoms with van der Waals surface area (Å²) >= 11 is 18.4. The van der Waals surface area contributed by atoms with Crippen molar-refractivity contribution in [1.82, 2.24) is 0 Å². The van der Waals surface area contributed by atoms with E-state index in [9.17, 15) is 5.26 Å². The van der Waals surface area contributed by atoms with E-state index in [1.807, 2.05) is 0 Å². The Labute approximate surface area is 161 Å². The second-order valence-corrected chi connectivity index (χ2v) is 6.18. The summed E-state index contributed by atoms with van der Waals surface area (Å²) in [6.07, 6.45) is 3.28. The number of nitriles is 1. The van der Waals surface area contributed by atoms with Gasteiger partial charge in [-0.1, -0.05) is 53.5 Å². The Kier molecular flexibility index (Phi) is 6.78. The van der Waals surface area contributed by atoms with E-state index in [0.29, 0.717) is 49.9 Å². The highest BCUT2D eigenvalue weighted by Crippen LogP contribution is 2.38. The largest absolute Gasteiger partial charge is 0.493 e. The molecule has 0 unspecified atom stereocenters. The molecule has 0 aliphatic heterocycles. The number of rotatable bonds is 6. The van der Waals surface area contributed by atoms with Gasteiger partial charge in [-0.2, -0.15) is 5.26 Å². The summed E-state index contributed by atoms with van der Waals surface area (Å²) in [6, 6.07) is 10.5. The lowest BCUT2D eigenvalue weighted by Gasteiger charge is -2.12. The Hall–Kier alpha value is -2.12. The molecule has 0 heterocycles. The first kappa shape index (κ1) is 19.2. The molecule has 0 atom stereocenters. The highest BCUT2D eigenvalue weighted by Gasteiger charge is 2.13. The van der Waals surface area contributed by atoms with Gasteiger partial charge in [-0.25, -0.2) is 0 Å². The SMILES string of the molecule is C=CCOc1c(Cl)cc(/C=C(\C#N)c2ccc(Cl)cc2Cl)cc1OC. The fourth-order valence-corrected chi connectivity index (χ4v) is 2.93. The Morgan fingerprint density at radius 1 is 1.20 bits per heavy atom. The number of allylic oxidation sites excluding steroid dienone is 1. The lowest BCUT2D eigenvalue weighted by atomic mass is 10.0. The Morgan fingerprint density at radius 3 is 2.56 bits per heavy atom. The van der Waals surface area contributed by atoms with Gasteiger partial charge in [0, 0.05) is 10.6 Å². The summed E-state index contributed by atoms with van der Waals surface area (Å²) in [7, 11) is 1.52. The maximum Gasteiger partial charge on any atom is 0.180 e. The number of ether oxygens (including phenoxy) is 2. The van der Waals surface area contributed by atoms with Crippen molar-refractivity contribution in [3.63, 3.8) is 0 Å². The molecule has 0 saturated carbocycles. The van der Waals surface area contributed by atoms with E-state index in [-0.39, 0.29) is 0 Å². The molecular weight excluding hydrogens is 381 g/mol. The third-order valence-corrected chi connectivity index (χ3v) is 4.08. The van der Waals surface area contributed by atoms with E-state index in [1.165, 1.54) is 7.11 Å². The molecule has 0 spiro atoms. The Bertz CT molecular complexity index is 870. The summed E-state index contributed by atoms with van der Waals surface area (Å²) in [5, 5.41) is 10.8. The monoisotopic (exact) mass is 393 g/mol. The average Bonchev–Trinajstić information content (AvgIpc) is 2.58. The Balaban J connectivity index is 2.49. The van der Waals surface area contributed by atoms with E-state index in [1.54, 1.807) is 42.5 Å². The van der Waals surface area contributed by atoms with Gasteiger partial charge in [0.25, 0.3) is 0 Å². The van der Waals surface area contributed by atoms with Crippen LogP contribution in [0.4, 0.5) is 0 Å². The molecule has 3 nitrogen and oxygen atoms in total. The second-order valence-electron chi connectivity index (χ2n) is 4.93. The van der Waals surface area contributed by atoms with Gasteiger partial charge in [0.2, 0.25) is 0 Å². The van der Waals surface area contributed by atoms with Gasteiger partial charge >= 0.3 is 0 Å². The van der Waals surface area contributed by atoms with Crippen LogP contribution in [0.1, 0.15) is 11.1 Å². The molecule has 0 aliphatic rings. The van der Waals surface area contributed by atoms with Gasteiger partial charge < -0.3 is 9.47 Å². The van der Waals surface area contributed by atoms with Crippen molar-refractivity contribution in [2.75, 3.05) is 13.7 Å². The van der Waals surface area contributed by atoms with Crippen LogP contribution in [-0.4, -0.2) is 13.7 Å². The zero-order valence-electron chi connectivity index (χ0n) is 13.4. The smallest absolute Gasteiger partial charge is 0.180 e. The highest BCUT2D eigenvalue weighted by molar-refractivity contribution is 6.36. The molecule has 0 aliphatic carbocycles. The molecule has 128 valence electrons. The Morgan fingerprint density at radius 2 is 1.96 bits per heavy atom. The first-order valence-corrected chi connectivity index (χ1v) is 8.32. The third kappa shape index (κ3) is 4.70. The average molecular weight is 395 g/mol. The molecule has 6 heteroatoms. The van der Waals surface area contributed by atoms with Gasteiger partial charge in [-0.3, -0.25) is 0 Å². The second kappa shape index (κ2) is 8.82. The van der Waals surface area contributed by atoms with E-state index in [2.05, 4.69) is 12.6 Å². The quantitative estimate of drug-likeness (QED) is 0.329. The van der Waals surface area contributed by atoms with Crippen molar-refractivity contribution in [1.29, 1.82) is 5.26 Å².